The van der Waals surface area contributed by atoms with E-state index in [-0.39, 0.29) is 18.0 Å². The van der Waals surface area contributed by atoms with Gasteiger partial charge in [-0.1, -0.05) is 44.2 Å². The molecule has 1 N–H and O–H groups in total. The number of carbonyl (C=O) groups excluding carboxylic acids is 1. The quantitative estimate of drug-likeness (QED) is 0.668. The molecule has 1 aromatic carbocycles. The third-order valence-electron chi connectivity index (χ3n) is 3.40. The van der Waals surface area contributed by atoms with Crippen LogP contribution in [-0.2, 0) is 25.0 Å². The van der Waals surface area contributed by atoms with Crippen molar-refractivity contribution in [2.75, 3.05) is 20.4 Å². The van der Waals surface area contributed by atoms with Crippen molar-refractivity contribution in [3.8, 4) is 0 Å². The molecule has 0 saturated heterocycles. The molecule has 124 valence electrons. The Hall–Kier alpha value is -1.00. The summed E-state index contributed by atoms with van der Waals surface area (Å²) in [5, 5.41) is 3.26. The van der Waals surface area contributed by atoms with Crippen molar-refractivity contribution in [3.05, 3.63) is 35.9 Å². The standard InChI is InChI=1S/C16H26NO4P/c1-13(2)10-15(16(18)12-22(19,20-3)21-4)17-11-14-8-6-5-7-9-14/h5-9,13,15,17H,10-12H2,1-4H3/t15-/m0/s1. The number of ketones is 1. The second-order valence-corrected chi connectivity index (χ2v) is 7.92. The van der Waals surface area contributed by atoms with Crippen LogP contribution in [0.1, 0.15) is 25.8 Å². The van der Waals surface area contributed by atoms with E-state index in [1.165, 1.54) is 14.2 Å². The van der Waals surface area contributed by atoms with Gasteiger partial charge in [-0.15, -0.1) is 0 Å². The zero-order chi connectivity index (χ0) is 16.6. The van der Waals surface area contributed by atoms with Gasteiger partial charge in [0.15, 0.2) is 5.78 Å². The van der Waals surface area contributed by atoms with Gasteiger partial charge >= 0.3 is 7.60 Å². The van der Waals surface area contributed by atoms with E-state index in [1.54, 1.807) is 0 Å². The molecule has 0 aliphatic heterocycles. The molecule has 0 unspecified atom stereocenters. The van der Waals surface area contributed by atoms with Crippen molar-refractivity contribution in [1.29, 1.82) is 0 Å². The highest BCUT2D eigenvalue weighted by atomic mass is 31.2. The van der Waals surface area contributed by atoms with Crippen LogP contribution in [0.25, 0.3) is 0 Å². The maximum atomic E-state index is 12.4. The number of hydrogen-bond acceptors (Lipinski definition) is 5. The van der Waals surface area contributed by atoms with Crippen molar-refractivity contribution in [3.63, 3.8) is 0 Å². The molecule has 1 rings (SSSR count). The van der Waals surface area contributed by atoms with Crippen LogP contribution in [0, 0.1) is 5.92 Å². The highest BCUT2D eigenvalue weighted by Crippen LogP contribution is 2.46. The average molecular weight is 327 g/mol. The summed E-state index contributed by atoms with van der Waals surface area (Å²) in [7, 11) is -0.724. The predicted molar refractivity (Wildman–Crippen MR) is 88.0 cm³/mol. The highest BCUT2D eigenvalue weighted by molar-refractivity contribution is 7.54. The van der Waals surface area contributed by atoms with Crippen molar-refractivity contribution in [1.82, 2.24) is 5.32 Å². The Bertz CT molecular complexity index is 496. The summed E-state index contributed by atoms with van der Waals surface area (Å²) in [5.74, 6) is 0.207. The van der Waals surface area contributed by atoms with Crippen LogP contribution in [0.15, 0.2) is 30.3 Å². The molecule has 0 amide bonds. The number of benzene rings is 1. The van der Waals surface area contributed by atoms with Crippen LogP contribution in [0.5, 0.6) is 0 Å². The number of Topliss-reactive ketones (excluding diaryl/α,β-unsaturated/α-hetero) is 1. The second kappa shape index (κ2) is 9.21. The molecule has 0 saturated carbocycles. The lowest BCUT2D eigenvalue weighted by atomic mass is 10.0. The number of nitrogens with one attached hydrogen (secondary N) is 1. The topological polar surface area (TPSA) is 64.6 Å². The largest absolute Gasteiger partial charge is 0.337 e. The molecule has 0 fully saturated rings. The summed E-state index contributed by atoms with van der Waals surface area (Å²) in [4.78, 5) is 12.4. The molecule has 0 aliphatic carbocycles. The SMILES string of the molecule is COP(=O)(CC(=O)[C@H](CC(C)C)NCc1ccccc1)OC. The molecule has 0 aliphatic rings. The molecular weight excluding hydrogens is 301 g/mol. The van der Waals surface area contributed by atoms with Gasteiger partial charge < -0.3 is 14.4 Å². The first kappa shape index (κ1) is 19.0. The molecule has 0 spiro atoms. The lowest BCUT2D eigenvalue weighted by Crippen LogP contribution is -2.39. The van der Waals surface area contributed by atoms with E-state index in [0.29, 0.717) is 18.9 Å². The molecule has 0 heterocycles. The monoisotopic (exact) mass is 327 g/mol. The van der Waals surface area contributed by atoms with E-state index in [4.69, 9.17) is 9.05 Å². The van der Waals surface area contributed by atoms with E-state index in [9.17, 15) is 9.36 Å². The number of rotatable bonds is 10. The van der Waals surface area contributed by atoms with Gasteiger partial charge in [0.2, 0.25) is 0 Å². The summed E-state index contributed by atoms with van der Waals surface area (Å²) in [5.41, 5.74) is 1.10. The van der Waals surface area contributed by atoms with Crippen LogP contribution in [-0.4, -0.2) is 32.2 Å². The summed E-state index contributed by atoms with van der Waals surface area (Å²) < 4.78 is 21.9. The summed E-state index contributed by atoms with van der Waals surface area (Å²) in [6.45, 7) is 4.70. The molecular formula is C16H26NO4P. The summed E-state index contributed by atoms with van der Waals surface area (Å²) >= 11 is 0. The second-order valence-electron chi connectivity index (χ2n) is 5.65. The Morgan fingerprint density at radius 2 is 1.77 bits per heavy atom. The summed E-state index contributed by atoms with van der Waals surface area (Å²) in [6, 6.07) is 9.51. The van der Waals surface area contributed by atoms with E-state index < -0.39 is 7.60 Å². The van der Waals surface area contributed by atoms with Gasteiger partial charge in [0.1, 0.15) is 6.16 Å². The van der Waals surface area contributed by atoms with E-state index in [0.717, 1.165) is 5.56 Å². The minimum atomic E-state index is -3.32. The first-order valence-corrected chi connectivity index (χ1v) is 9.13. The van der Waals surface area contributed by atoms with E-state index in [2.05, 4.69) is 19.2 Å². The van der Waals surface area contributed by atoms with Crippen LogP contribution < -0.4 is 5.32 Å². The van der Waals surface area contributed by atoms with Crippen LogP contribution in [0.2, 0.25) is 0 Å². The van der Waals surface area contributed by atoms with E-state index in [1.807, 2.05) is 30.3 Å². The van der Waals surface area contributed by atoms with Crippen LogP contribution in [0.4, 0.5) is 0 Å². The molecule has 0 aromatic heterocycles. The van der Waals surface area contributed by atoms with Crippen molar-refractivity contribution in [2.45, 2.75) is 32.9 Å². The van der Waals surface area contributed by atoms with Gasteiger partial charge in [0.05, 0.1) is 6.04 Å². The molecule has 1 atom stereocenters. The Morgan fingerprint density at radius 3 is 2.27 bits per heavy atom. The predicted octanol–water partition coefficient (Wildman–Crippen LogP) is 3.25. The molecule has 22 heavy (non-hydrogen) atoms. The lowest BCUT2D eigenvalue weighted by molar-refractivity contribution is -0.119. The molecule has 6 heteroatoms. The third-order valence-corrected chi connectivity index (χ3v) is 5.21. The van der Waals surface area contributed by atoms with Gasteiger partial charge in [0, 0.05) is 20.8 Å². The third kappa shape index (κ3) is 6.41. The van der Waals surface area contributed by atoms with Crippen molar-refractivity contribution in [2.24, 2.45) is 5.92 Å². The molecule has 0 radical (unpaired) electrons. The fraction of sp³-hybridized carbons (Fsp3) is 0.562. The van der Waals surface area contributed by atoms with Gasteiger partial charge in [-0.3, -0.25) is 9.36 Å². The van der Waals surface area contributed by atoms with Crippen molar-refractivity contribution < 1.29 is 18.4 Å². The minimum Gasteiger partial charge on any atom is -0.312 e. The van der Waals surface area contributed by atoms with Gasteiger partial charge in [0.25, 0.3) is 0 Å². The zero-order valence-corrected chi connectivity index (χ0v) is 14.6. The first-order valence-electron chi connectivity index (χ1n) is 7.40. The molecule has 1 aromatic rings. The smallest absolute Gasteiger partial charge is 0.312 e. The van der Waals surface area contributed by atoms with Crippen molar-refractivity contribution >= 4 is 13.4 Å². The maximum Gasteiger partial charge on any atom is 0.337 e. The van der Waals surface area contributed by atoms with E-state index >= 15 is 0 Å². The minimum absolute atomic E-state index is 0.142. The fourth-order valence-corrected chi connectivity index (χ4v) is 3.15. The van der Waals surface area contributed by atoms with Crippen LogP contribution in [0.3, 0.4) is 0 Å². The molecule has 0 bridgehead atoms. The highest BCUT2D eigenvalue weighted by Gasteiger charge is 2.30. The Balaban J connectivity index is 2.71. The summed E-state index contributed by atoms with van der Waals surface area (Å²) in [6.07, 6.45) is 0.471. The van der Waals surface area contributed by atoms with Gasteiger partial charge in [-0.05, 0) is 17.9 Å². The average Bonchev–Trinajstić information content (AvgIpc) is 2.51. The fourth-order valence-electron chi connectivity index (χ4n) is 2.14. The number of hydrogen-bond donors (Lipinski definition) is 1. The first-order chi connectivity index (χ1) is 10.4. The lowest BCUT2D eigenvalue weighted by Gasteiger charge is -2.21. The Labute approximate surface area is 132 Å². The maximum absolute atomic E-state index is 12.4. The van der Waals surface area contributed by atoms with Crippen LogP contribution >= 0.6 is 7.60 Å². The Kier molecular flexibility index (Phi) is 7.97. The normalized spacial score (nSPS) is 13.3. The number of carbonyl (C=O) groups is 1. The zero-order valence-electron chi connectivity index (χ0n) is 13.7. The Morgan fingerprint density at radius 1 is 1.18 bits per heavy atom. The van der Waals surface area contributed by atoms with Gasteiger partial charge in [-0.2, -0.15) is 0 Å². The van der Waals surface area contributed by atoms with Gasteiger partial charge in [-0.25, -0.2) is 0 Å². The molecule has 5 nitrogen and oxygen atoms in total.